The largest absolute Gasteiger partial charge is 0.370 e. The predicted octanol–water partition coefficient (Wildman–Crippen LogP) is 4.35. The van der Waals surface area contributed by atoms with Crippen molar-refractivity contribution in [3.63, 3.8) is 0 Å². The Bertz CT molecular complexity index is 492. The zero-order valence-electron chi connectivity index (χ0n) is 9.73. The summed E-state index contributed by atoms with van der Waals surface area (Å²) >= 11 is 3.64. The van der Waals surface area contributed by atoms with Crippen LogP contribution in [0.15, 0.2) is 24.3 Å². The zero-order chi connectivity index (χ0) is 11.5. The number of nitrogens with zero attached hydrogens (tertiary/aromatic N) is 1. The summed E-state index contributed by atoms with van der Waals surface area (Å²) in [5.74, 6) is 0. The fourth-order valence-corrected chi connectivity index (χ4v) is 2.99. The van der Waals surface area contributed by atoms with Crippen molar-refractivity contribution in [1.29, 1.82) is 0 Å². The minimum Gasteiger partial charge on any atom is -0.370 e. The summed E-state index contributed by atoms with van der Waals surface area (Å²) in [6, 6.07) is 8.64. The normalized spacial score (nSPS) is 11.2. The first-order valence-corrected chi connectivity index (χ1v) is 6.80. The Kier molecular flexibility index (Phi) is 3.46. The number of rotatable bonds is 3. The molecule has 0 amide bonds. The van der Waals surface area contributed by atoms with Gasteiger partial charge in [0.2, 0.25) is 0 Å². The number of hydrogen-bond donors (Lipinski definition) is 0. The lowest BCUT2D eigenvalue weighted by Gasteiger charge is -2.06. The van der Waals surface area contributed by atoms with Crippen LogP contribution in [0.2, 0.25) is 0 Å². The smallest absolute Gasteiger partial charge is 0.0909 e. The van der Waals surface area contributed by atoms with Gasteiger partial charge in [-0.25, -0.2) is 0 Å². The number of anilines is 1. The average Bonchev–Trinajstić information content (AvgIpc) is 2.83. The Morgan fingerprint density at radius 1 is 0.938 bits per heavy atom. The molecule has 16 heavy (non-hydrogen) atoms. The highest BCUT2D eigenvalue weighted by Gasteiger charge is 1.98. The van der Waals surface area contributed by atoms with Gasteiger partial charge in [0.1, 0.15) is 0 Å². The van der Waals surface area contributed by atoms with E-state index in [9.17, 15) is 0 Å². The van der Waals surface area contributed by atoms with Gasteiger partial charge in [0, 0.05) is 28.7 Å². The van der Waals surface area contributed by atoms with Crippen LogP contribution in [0.4, 0.5) is 5.00 Å². The van der Waals surface area contributed by atoms with Crippen molar-refractivity contribution in [2.75, 3.05) is 19.0 Å². The van der Waals surface area contributed by atoms with Crippen LogP contribution in [0.3, 0.4) is 0 Å². The van der Waals surface area contributed by atoms with Gasteiger partial charge in [-0.2, -0.15) is 0 Å². The molecule has 0 aromatic carbocycles. The first kappa shape index (κ1) is 11.4. The van der Waals surface area contributed by atoms with Crippen molar-refractivity contribution in [2.24, 2.45) is 0 Å². The van der Waals surface area contributed by atoms with Crippen LogP contribution in [0.5, 0.6) is 0 Å². The third-order valence-electron chi connectivity index (χ3n) is 2.23. The molecule has 0 saturated heterocycles. The van der Waals surface area contributed by atoms with Crippen molar-refractivity contribution in [2.45, 2.75) is 6.92 Å². The monoisotopic (exact) mass is 249 g/mol. The van der Waals surface area contributed by atoms with E-state index in [2.05, 4.69) is 62.3 Å². The molecule has 0 aliphatic heterocycles. The summed E-state index contributed by atoms with van der Waals surface area (Å²) in [5, 5.41) is 1.29. The van der Waals surface area contributed by atoms with Crippen molar-refractivity contribution in [1.82, 2.24) is 0 Å². The van der Waals surface area contributed by atoms with Gasteiger partial charge in [0.15, 0.2) is 0 Å². The number of aryl methyl sites for hydroxylation is 1. The van der Waals surface area contributed by atoms with E-state index >= 15 is 0 Å². The molecule has 3 heteroatoms. The molecule has 2 heterocycles. The average molecular weight is 249 g/mol. The topological polar surface area (TPSA) is 3.24 Å². The summed E-state index contributed by atoms with van der Waals surface area (Å²) in [6.07, 6.45) is 4.37. The third-order valence-corrected chi connectivity index (χ3v) is 4.41. The second kappa shape index (κ2) is 4.85. The van der Waals surface area contributed by atoms with Crippen molar-refractivity contribution >= 4 is 39.8 Å². The zero-order valence-corrected chi connectivity index (χ0v) is 11.4. The third kappa shape index (κ3) is 2.74. The van der Waals surface area contributed by atoms with Crippen molar-refractivity contribution < 1.29 is 0 Å². The molecule has 0 saturated carbocycles. The quantitative estimate of drug-likeness (QED) is 0.781. The molecule has 0 bridgehead atoms. The molecule has 2 rings (SSSR count). The minimum absolute atomic E-state index is 1.29. The summed E-state index contributed by atoms with van der Waals surface area (Å²) in [4.78, 5) is 6.11. The highest BCUT2D eigenvalue weighted by atomic mass is 32.1. The molecule has 0 spiro atoms. The molecule has 0 aliphatic carbocycles. The van der Waals surface area contributed by atoms with Crippen LogP contribution >= 0.6 is 22.7 Å². The van der Waals surface area contributed by atoms with E-state index in [-0.39, 0.29) is 0 Å². The second-order valence-electron chi connectivity index (χ2n) is 3.85. The highest BCUT2D eigenvalue weighted by Crippen LogP contribution is 2.26. The fraction of sp³-hybridized carbons (Fsp3) is 0.231. The van der Waals surface area contributed by atoms with E-state index in [0.717, 1.165) is 0 Å². The molecule has 84 valence electrons. The molecular formula is C13H15NS2. The molecule has 0 fully saturated rings. The Hall–Kier alpha value is -1.06. The van der Waals surface area contributed by atoms with E-state index in [1.807, 2.05) is 22.7 Å². The molecule has 0 unspecified atom stereocenters. The lowest BCUT2D eigenvalue weighted by Crippen LogP contribution is -2.05. The SMILES string of the molecule is Cc1ccc(/C=C/c2ccc(N(C)C)s2)s1. The van der Waals surface area contributed by atoms with Gasteiger partial charge in [-0.05, 0) is 43.3 Å². The van der Waals surface area contributed by atoms with Crippen LogP contribution in [-0.2, 0) is 0 Å². The second-order valence-corrected chi connectivity index (χ2v) is 6.27. The Labute approximate surface area is 105 Å². The van der Waals surface area contributed by atoms with Gasteiger partial charge >= 0.3 is 0 Å². The highest BCUT2D eigenvalue weighted by molar-refractivity contribution is 7.17. The Morgan fingerprint density at radius 3 is 2.06 bits per heavy atom. The predicted molar refractivity (Wildman–Crippen MR) is 76.6 cm³/mol. The van der Waals surface area contributed by atoms with Crippen LogP contribution in [0.1, 0.15) is 14.6 Å². The molecule has 0 radical (unpaired) electrons. The van der Waals surface area contributed by atoms with Crippen molar-refractivity contribution in [3.05, 3.63) is 38.9 Å². The first-order chi connectivity index (χ1) is 7.65. The standard InChI is InChI=1S/C13H15NS2/c1-10-4-5-11(15-10)6-7-12-8-9-13(16-12)14(2)3/h4-9H,1-3H3/b7-6+. The molecule has 1 nitrogen and oxygen atoms in total. The van der Waals surface area contributed by atoms with Crippen LogP contribution < -0.4 is 4.90 Å². The summed E-state index contributed by atoms with van der Waals surface area (Å²) in [5.41, 5.74) is 0. The lowest BCUT2D eigenvalue weighted by atomic mass is 10.3. The maximum absolute atomic E-state index is 2.18. The fourth-order valence-electron chi connectivity index (χ4n) is 1.38. The van der Waals surface area contributed by atoms with E-state index in [1.165, 1.54) is 19.6 Å². The van der Waals surface area contributed by atoms with Gasteiger partial charge in [-0.1, -0.05) is 0 Å². The van der Waals surface area contributed by atoms with E-state index in [1.54, 1.807) is 0 Å². The van der Waals surface area contributed by atoms with Crippen LogP contribution in [-0.4, -0.2) is 14.1 Å². The Balaban J connectivity index is 2.11. The maximum atomic E-state index is 2.18. The summed E-state index contributed by atoms with van der Waals surface area (Å²) < 4.78 is 0. The molecule has 2 aromatic rings. The Morgan fingerprint density at radius 2 is 1.56 bits per heavy atom. The molecule has 0 aliphatic rings. The van der Waals surface area contributed by atoms with E-state index < -0.39 is 0 Å². The van der Waals surface area contributed by atoms with Crippen LogP contribution in [0, 0.1) is 6.92 Å². The molecule has 0 N–H and O–H groups in total. The molecule has 0 atom stereocenters. The number of hydrogen-bond acceptors (Lipinski definition) is 3. The number of thiophene rings is 2. The van der Waals surface area contributed by atoms with Crippen molar-refractivity contribution in [3.8, 4) is 0 Å². The van der Waals surface area contributed by atoms with E-state index in [4.69, 9.17) is 0 Å². The van der Waals surface area contributed by atoms with E-state index in [0.29, 0.717) is 0 Å². The lowest BCUT2D eigenvalue weighted by molar-refractivity contribution is 1.16. The molecular weight excluding hydrogens is 234 g/mol. The van der Waals surface area contributed by atoms with Crippen LogP contribution in [0.25, 0.3) is 12.2 Å². The van der Waals surface area contributed by atoms with Gasteiger partial charge in [-0.15, -0.1) is 22.7 Å². The summed E-state index contributed by atoms with van der Waals surface area (Å²) in [6.45, 7) is 2.14. The minimum atomic E-state index is 1.29. The van der Waals surface area contributed by atoms with Gasteiger partial charge < -0.3 is 4.90 Å². The van der Waals surface area contributed by atoms with Gasteiger partial charge in [0.25, 0.3) is 0 Å². The van der Waals surface area contributed by atoms with Gasteiger partial charge in [0.05, 0.1) is 5.00 Å². The summed E-state index contributed by atoms with van der Waals surface area (Å²) in [7, 11) is 4.14. The maximum Gasteiger partial charge on any atom is 0.0909 e. The first-order valence-electron chi connectivity index (χ1n) is 5.17. The van der Waals surface area contributed by atoms with Gasteiger partial charge in [-0.3, -0.25) is 0 Å². The molecule has 2 aromatic heterocycles.